The van der Waals surface area contributed by atoms with Crippen LogP contribution in [0.1, 0.15) is 32.7 Å². The van der Waals surface area contributed by atoms with E-state index < -0.39 is 11.5 Å². The molecule has 104 valence electrons. The van der Waals surface area contributed by atoms with Crippen LogP contribution in [0, 0.1) is 27.7 Å². The molecule has 1 aromatic heterocycles. The molecule has 0 aliphatic carbocycles. The van der Waals surface area contributed by atoms with E-state index in [1.54, 1.807) is 13.0 Å². The van der Waals surface area contributed by atoms with Crippen LogP contribution < -0.4 is 5.56 Å². The highest BCUT2D eigenvalue weighted by atomic mass is 16.4. The van der Waals surface area contributed by atoms with Crippen LogP contribution in [0.5, 0.6) is 0 Å². The van der Waals surface area contributed by atoms with Crippen LogP contribution in [0.25, 0.3) is 5.69 Å². The molecule has 0 radical (unpaired) electrons. The third-order valence-electron chi connectivity index (χ3n) is 3.62. The molecule has 0 atom stereocenters. The van der Waals surface area contributed by atoms with E-state index in [1.165, 1.54) is 4.57 Å². The molecule has 0 unspecified atom stereocenters. The minimum absolute atomic E-state index is 0.170. The Morgan fingerprint density at radius 1 is 1.10 bits per heavy atom. The van der Waals surface area contributed by atoms with Gasteiger partial charge in [-0.25, -0.2) is 4.79 Å². The first-order valence-corrected chi connectivity index (χ1v) is 6.37. The van der Waals surface area contributed by atoms with Gasteiger partial charge >= 0.3 is 5.97 Å². The SMILES string of the molecule is Cc1cccc(-n2c(C)cc(C)c(C(=O)O)c2=O)c1C. The molecule has 0 saturated heterocycles. The van der Waals surface area contributed by atoms with Crippen molar-refractivity contribution in [3.63, 3.8) is 0 Å². The van der Waals surface area contributed by atoms with E-state index in [9.17, 15) is 14.7 Å². The summed E-state index contributed by atoms with van der Waals surface area (Å²) >= 11 is 0. The number of aromatic carboxylic acids is 1. The van der Waals surface area contributed by atoms with Crippen molar-refractivity contribution in [3.05, 3.63) is 62.6 Å². The Bertz CT molecular complexity index is 757. The second-order valence-corrected chi connectivity index (χ2v) is 5.01. The molecule has 0 bridgehead atoms. The van der Waals surface area contributed by atoms with Crippen molar-refractivity contribution < 1.29 is 9.90 Å². The van der Waals surface area contributed by atoms with Crippen molar-refractivity contribution in [1.82, 2.24) is 4.57 Å². The monoisotopic (exact) mass is 271 g/mol. The van der Waals surface area contributed by atoms with E-state index in [0.29, 0.717) is 5.56 Å². The second-order valence-electron chi connectivity index (χ2n) is 5.01. The highest BCUT2D eigenvalue weighted by Gasteiger charge is 2.18. The number of hydrogen-bond donors (Lipinski definition) is 1. The summed E-state index contributed by atoms with van der Waals surface area (Å²) in [5.74, 6) is -1.19. The van der Waals surface area contributed by atoms with Crippen LogP contribution in [0.4, 0.5) is 0 Å². The van der Waals surface area contributed by atoms with Gasteiger partial charge < -0.3 is 5.11 Å². The molecular weight excluding hydrogens is 254 g/mol. The largest absolute Gasteiger partial charge is 0.477 e. The first kappa shape index (κ1) is 14.1. The predicted octanol–water partition coefficient (Wildman–Crippen LogP) is 2.77. The van der Waals surface area contributed by atoms with Gasteiger partial charge in [0.1, 0.15) is 5.56 Å². The van der Waals surface area contributed by atoms with Crippen LogP contribution in [-0.2, 0) is 0 Å². The summed E-state index contributed by atoms with van der Waals surface area (Å²) in [5.41, 5.74) is 3.33. The van der Waals surface area contributed by atoms with Crippen molar-refractivity contribution >= 4 is 5.97 Å². The lowest BCUT2D eigenvalue weighted by molar-refractivity contribution is 0.0693. The molecule has 0 aliphatic heterocycles. The van der Waals surface area contributed by atoms with Gasteiger partial charge in [0, 0.05) is 5.69 Å². The average Bonchev–Trinajstić information content (AvgIpc) is 2.33. The topological polar surface area (TPSA) is 59.3 Å². The molecule has 4 heteroatoms. The molecular formula is C16H17NO3. The fourth-order valence-electron chi connectivity index (χ4n) is 2.43. The highest BCUT2D eigenvalue weighted by molar-refractivity contribution is 5.89. The van der Waals surface area contributed by atoms with Crippen LogP contribution >= 0.6 is 0 Å². The molecule has 2 aromatic rings. The van der Waals surface area contributed by atoms with Gasteiger partial charge in [-0.2, -0.15) is 0 Å². The molecule has 0 amide bonds. The zero-order valence-corrected chi connectivity index (χ0v) is 12.0. The molecule has 1 N–H and O–H groups in total. The molecule has 0 fully saturated rings. The van der Waals surface area contributed by atoms with E-state index >= 15 is 0 Å². The maximum Gasteiger partial charge on any atom is 0.341 e. The van der Waals surface area contributed by atoms with Crippen molar-refractivity contribution in [2.45, 2.75) is 27.7 Å². The van der Waals surface area contributed by atoms with E-state index in [1.807, 2.05) is 39.0 Å². The molecule has 0 saturated carbocycles. The van der Waals surface area contributed by atoms with Crippen LogP contribution in [0.2, 0.25) is 0 Å². The van der Waals surface area contributed by atoms with Crippen molar-refractivity contribution in [2.75, 3.05) is 0 Å². The quantitative estimate of drug-likeness (QED) is 0.913. The van der Waals surface area contributed by atoms with E-state index in [0.717, 1.165) is 22.5 Å². The van der Waals surface area contributed by atoms with Gasteiger partial charge in [0.25, 0.3) is 5.56 Å². The number of aryl methyl sites for hydroxylation is 3. The Morgan fingerprint density at radius 3 is 2.35 bits per heavy atom. The number of aromatic nitrogens is 1. The third kappa shape index (κ3) is 2.13. The number of benzene rings is 1. The number of carbonyl (C=O) groups is 1. The van der Waals surface area contributed by atoms with Gasteiger partial charge in [0.15, 0.2) is 0 Å². The number of nitrogens with zero attached hydrogens (tertiary/aromatic N) is 1. The van der Waals surface area contributed by atoms with Crippen LogP contribution in [0.15, 0.2) is 29.1 Å². The number of hydrogen-bond acceptors (Lipinski definition) is 2. The Kier molecular flexibility index (Phi) is 3.49. The van der Waals surface area contributed by atoms with Gasteiger partial charge in [-0.1, -0.05) is 12.1 Å². The average molecular weight is 271 g/mol. The standard InChI is InChI=1S/C16H17NO3/c1-9-6-5-7-13(12(9)4)17-11(3)8-10(2)14(15(17)18)16(19)20/h5-8H,1-4H3,(H,19,20). The molecule has 20 heavy (non-hydrogen) atoms. The van der Waals surface area contributed by atoms with Crippen LogP contribution in [0.3, 0.4) is 0 Å². The zero-order chi connectivity index (χ0) is 15.0. The fourth-order valence-corrected chi connectivity index (χ4v) is 2.43. The third-order valence-corrected chi connectivity index (χ3v) is 3.62. The van der Waals surface area contributed by atoms with Crippen LogP contribution in [-0.4, -0.2) is 15.6 Å². The Hall–Kier alpha value is -2.36. The first-order valence-electron chi connectivity index (χ1n) is 6.37. The Labute approximate surface area is 117 Å². The minimum atomic E-state index is -1.19. The predicted molar refractivity (Wildman–Crippen MR) is 77.9 cm³/mol. The summed E-state index contributed by atoms with van der Waals surface area (Å²) in [6.45, 7) is 7.34. The lowest BCUT2D eigenvalue weighted by Crippen LogP contribution is -2.28. The maximum atomic E-state index is 12.5. The number of pyridine rings is 1. The molecule has 1 aromatic carbocycles. The van der Waals surface area contributed by atoms with Gasteiger partial charge in [-0.3, -0.25) is 9.36 Å². The summed E-state index contributed by atoms with van der Waals surface area (Å²) < 4.78 is 1.47. The lowest BCUT2D eigenvalue weighted by atomic mass is 10.1. The van der Waals surface area contributed by atoms with Crippen molar-refractivity contribution in [2.24, 2.45) is 0 Å². The Morgan fingerprint density at radius 2 is 1.75 bits per heavy atom. The summed E-state index contributed by atoms with van der Waals surface area (Å²) in [6, 6.07) is 7.39. The number of carboxylic acids is 1. The molecule has 0 aliphatic rings. The minimum Gasteiger partial charge on any atom is -0.477 e. The van der Waals surface area contributed by atoms with Gasteiger partial charge in [-0.05, 0) is 56.5 Å². The van der Waals surface area contributed by atoms with E-state index in [2.05, 4.69) is 0 Å². The van der Waals surface area contributed by atoms with Gasteiger partial charge in [0.2, 0.25) is 0 Å². The molecule has 1 heterocycles. The molecule has 2 rings (SSSR count). The van der Waals surface area contributed by atoms with Crippen molar-refractivity contribution in [3.8, 4) is 5.69 Å². The van der Waals surface area contributed by atoms with E-state index in [-0.39, 0.29) is 5.56 Å². The first-order chi connectivity index (χ1) is 9.34. The molecule has 4 nitrogen and oxygen atoms in total. The van der Waals surface area contributed by atoms with Gasteiger partial charge in [0.05, 0.1) is 5.69 Å². The second kappa shape index (κ2) is 4.96. The highest BCUT2D eigenvalue weighted by Crippen LogP contribution is 2.19. The fraction of sp³-hybridized carbons (Fsp3) is 0.250. The normalized spacial score (nSPS) is 10.6. The number of carboxylic acid groups (broad SMARTS) is 1. The maximum absolute atomic E-state index is 12.5. The smallest absolute Gasteiger partial charge is 0.341 e. The summed E-state index contributed by atoms with van der Waals surface area (Å²) in [5, 5.41) is 9.22. The number of rotatable bonds is 2. The summed E-state index contributed by atoms with van der Waals surface area (Å²) in [6.07, 6.45) is 0. The van der Waals surface area contributed by atoms with E-state index in [4.69, 9.17) is 0 Å². The lowest BCUT2D eigenvalue weighted by Gasteiger charge is -2.16. The Balaban J connectivity index is 2.88. The summed E-state index contributed by atoms with van der Waals surface area (Å²) in [7, 11) is 0. The zero-order valence-electron chi connectivity index (χ0n) is 12.0. The molecule has 0 spiro atoms. The van der Waals surface area contributed by atoms with Gasteiger partial charge in [-0.15, -0.1) is 0 Å². The summed E-state index contributed by atoms with van der Waals surface area (Å²) in [4.78, 5) is 23.8. The van der Waals surface area contributed by atoms with Crippen molar-refractivity contribution in [1.29, 1.82) is 0 Å².